The Morgan fingerprint density at radius 3 is 2.52 bits per heavy atom. The standard InChI is InChI=1S/C21H19N5O3/c1-3-29-16-11-9-14(10-12-16)23-20(27)18-17-19(21(28)25(2)13-22-17)26(24-18)15-7-5-4-6-8-15/h4-13H,3H2,1-2H3,(H,23,27). The lowest BCUT2D eigenvalue weighted by molar-refractivity contribution is 0.102. The highest BCUT2D eigenvalue weighted by molar-refractivity contribution is 6.10. The molecule has 0 saturated carbocycles. The number of amides is 1. The van der Waals surface area contributed by atoms with Crippen molar-refractivity contribution in [3.05, 3.63) is 77.0 Å². The number of carbonyl (C=O) groups is 1. The Hall–Kier alpha value is -3.94. The second kappa shape index (κ2) is 7.59. The highest BCUT2D eigenvalue weighted by Gasteiger charge is 2.22. The Balaban J connectivity index is 1.76. The Morgan fingerprint density at radius 2 is 1.83 bits per heavy atom. The van der Waals surface area contributed by atoms with E-state index >= 15 is 0 Å². The third-order valence-electron chi connectivity index (χ3n) is 4.38. The van der Waals surface area contributed by atoms with Gasteiger partial charge < -0.3 is 14.6 Å². The van der Waals surface area contributed by atoms with Crippen LogP contribution in [0.15, 0.2) is 65.7 Å². The number of hydrogen-bond donors (Lipinski definition) is 1. The molecule has 0 atom stereocenters. The summed E-state index contributed by atoms with van der Waals surface area (Å²) in [6.07, 6.45) is 1.38. The summed E-state index contributed by atoms with van der Waals surface area (Å²) in [7, 11) is 1.61. The molecule has 8 heteroatoms. The summed E-state index contributed by atoms with van der Waals surface area (Å²) in [6.45, 7) is 2.47. The first kappa shape index (κ1) is 18.4. The van der Waals surface area contributed by atoms with Crippen molar-refractivity contribution < 1.29 is 9.53 Å². The van der Waals surface area contributed by atoms with Gasteiger partial charge in [0.1, 0.15) is 11.3 Å². The molecule has 146 valence electrons. The molecule has 29 heavy (non-hydrogen) atoms. The summed E-state index contributed by atoms with van der Waals surface area (Å²) >= 11 is 0. The van der Waals surface area contributed by atoms with Gasteiger partial charge in [0.15, 0.2) is 11.2 Å². The van der Waals surface area contributed by atoms with Crippen LogP contribution in [0.25, 0.3) is 16.7 Å². The molecule has 0 spiro atoms. The number of ether oxygens (including phenoxy) is 1. The average molecular weight is 389 g/mol. The molecular formula is C21H19N5O3. The summed E-state index contributed by atoms with van der Waals surface area (Å²) in [5.41, 5.74) is 1.55. The first-order valence-corrected chi connectivity index (χ1v) is 9.12. The van der Waals surface area contributed by atoms with Crippen molar-refractivity contribution in [2.24, 2.45) is 7.05 Å². The zero-order chi connectivity index (χ0) is 20.4. The highest BCUT2D eigenvalue weighted by atomic mass is 16.5. The van der Waals surface area contributed by atoms with Crippen molar-refractivity contribution in [2.45, 2.75) is 6.92 Å². The van der Waals surface area contributed by atoms with Crippen molar-refractivity contribution in [3.63, 3.8) is 0 Å². The molecule has 0 saturated heterocycles. The zero-order valence-corrected chi connectivity index (χ0v) is 16.0. The summed E-state index contributed by atoms with van der Waals surface area (Å²) in [5, 5.41) is 7.21. The van der Waals surface area contributed by atoms with Gasteiger partial charge in [-0.05, 0) is 43.3 Å². The van der Waals surface area contributed by atoms with Crippen molar-refractivity contribution in [1.82, 2.24) is 19.3 Å². The minimum atomic E-state index is -0.449. The molecule has 4 aromatic rings. The number of para-hydroxylation sites is 1. The molecule has 0 fully saturated rings. The largest absolute Gasteiger partial charge is 0.494 e. The molecule has 1 amide bonds. The van der Waals surface area contributed by atoms with Gasteiger partial charge in [0.05, 0.1) is 18.6 Å². The number of benzene rings is 2. The van der Waals surface area contributed by atoms with Gasteiger partial charge >= 0.3 is 0 Å². The Bertz CT molecular complexity index is 1230. The number of hydrogen-bond acceptors (Lipinski definition) is 5. The van der Waals surface area contributed by atoms with E-state index in [1.54, 1.807) is 31.3 Å². The highest BCUT2D eigenvalue weighted by Crippen LogP contribution is 2.20. The van der Waals surface area contributed by atoms with E-state index in [0.29, 0.717) is 18.0 Å². The second-order valence-electron chi connectivity index (χ2n) is 6.37. The summed E-state index contributed by atoms with van der Waals surface area (Å²) < 4.78 is 8.22. The van der Waals surface area contributed by atoms with Crippen molar-refractivity contribution in [2.75, 3.05) is 11.9 Å². The Labute approximate surface area is 166 Å². The van der Waals surface area contributed by atoms with Crippen molar-refractivity contribution in [3.8, 4) is 11.4 Å². The van der Waals surface area contributed by atoms with Crippen LogP contribution >= 0.6 is 0 Å². The lowest BCUT2D eigenvalue weighted by Gasteiger charge is -2.06. The van der Waals surface area contributed by atoms with Crippen molar-refractivity contribution >= 4 is 22.6 Å². The van der Waals surface area contributed by atoms with E-state index in [-0.39, 0.29) is 22.3 Å². The number of carbonyl (C=O) groups excluding carboxylic acids is 1. The van der Waals surface area contributed by atoms with Gasteiger partial charge in [-0.25, -0.2) is 9.67 Å². The predicted molar refractivity (Wildman–Crippen MR) is 110 cm³/mol. The maximum atomic E-state index is 12.9. The zero-order valence-electron chi connectivity index (χ0n) is 16.0. The topological polar surface area (TPSA) is 91.0 Å². The van der Waals surface area contributed by atoms with Crippen LogP contribution in [-0.2, 0) is 7.05 Å². The maximum Gasteiger partial charge on any atom is 0.279 e. The number of aryl methyl sites for hydroxylation is 1. The van der Waals surface area contributed by atoms with Crippen LogP contribution in [0.5, 0.6) is 5.75 Å². The fourth-order valence-corrected chi connectivity index (χ4v) is 2.99. The lowest BCUT2D eigenvalue weighted by Crippen LogP contribution is -2.19. The normalized spacial score (nSPS) is 10.8. The van der Waals surface area contributed by atoms with Crippen molar-refractivity contribution in [1.29, 1.82) is 0 Å². The molecule has 0 bridgehead atoms. The van der Waals surface area contributed by atoms with Gasteiger partial charge in [-0.2, -0.15) is 5.10 Å². The number of anilines is 1. The van der Waals surface area contributed by atoms with E-state index in [0.717, 1.165) is 5.75 Å². The molecule has 8 nitrogen and oxygen atoms in total. The van der Waals surface area contributed by atoms with Gasteiger partial charge in [0.2, 0.25) is 0 Å². The van der Waals surface area contributed by atoms with Crippen LogP contribution in [0.4, 0.5) is 5.69 Å². The lowest BCUT2D eigenvalue weighted by atomic mass is 10.2. The maximum absolute atomic E-state index is 12.9. The van der Waals surface area contributed by atoms with E-state index in [2.05, 4.69) is 15.4 Å². The monoisotopic (exact) mass is 389 g/mol. The minimum Gasteiger partial charge on any atom is -0.494 e. The molecule has 0 unspecified atom stereocenters. The molecule has 1 N–H and O–H groups in total. The number of rotatable bonds is 5. The van der Waals surface area contributed by atoms with Crippen LogP contribution in [0.2, 0.25) is 0 Å². The third kappa shape index (κ3) is 3.47. The summed E-state index contributed by atoms with van der Waals surface area (Å²) in [5.74, 6) is 0.268. The minimum absolute atomic E-state index is 0.0791. The fourth-order valence-electron chi connectivity index (χ4n) is 2.99. The van der Waals surface area contributed by atoms with E-state index < -0.39 is 5.91 Å². The molecular weight excluding hydrogens is 370 g/mol. The molecule has 2 aromatic carbocycles. The quantitative estimate of drug-likeness (QED) is 0.567. The van der Waals surface area contributed by atoms with Gasteiger partial charge in [0, 0.05) is 12.7 Å². The second-order valence-corrected chi connectivity index (χ2v) is 6.37. The van der Waals surface area contributed by atoms with Crippen LogP contribution in [0, 0.1) is 0 Å². The van der Waals surface area contributed by atoms with Crippen LogP contribution in [0.3, 0.4) is 0 Å². The van der Waals surface area contributed by atoms with E-state index in [9.17, 15) is 9.59 Å². The smallest absolute Gasteiger partial charge is 0.279 e. The average Bonchev–Trinajstić information content (AvgIpc) is 3.13. The molecule has 0 radical (unpaired) electrons. The van der Waals surface area contributed by atoms with E-state index in [4.69, 9.17) is 4.74 Å². The van der Waals surface area contributed by atoms with Gasteiger partial charge in [0.25, 0.3) is 11.5 Å². The van der Waals surface area contributed by atoms with Crippen LogP contribution in [-0.4, -0.2) is 31.8 Å². The first-order valence-electron chi connectivity index (χ1n) is 9.12. The Morgan fingerprint density at radius 1 is 1.10 bits per heavy atom. The predicted octanol–water partition coefficient (Wildman–Crippen LogP) is 2.77. The number of nitrogens with one attached hydrogen (secondary N) is 1. The first-order chi connectivity index (χ1) is 14.1. The SMILES string of the molecule is CCOc1ccc(NC(=O)c2nn(-c3ccccc3)c3c(=O)n(C)cnc23)cc1. The molecule has 2 heterocycles. The van der Waals surface area contributed by atoms with Crippen LogP contribution in [0.1, 0.15) is 17.4 Å². The molecule has 0 aliphatic carbocycles. The number of nitrogens with zero attached hydrogens (tertiary/aromatic N) is 4. The van der Waals surface area contributed by atoms with Crippen LogP contribution < -0.4 is 15.6 Å². The molecule has 0 aliphatic heterocycles. The fraction of sp³-hybridized carbons (Fsp3) is 0.143. The van der Waals surface area contributed by atoms with Gasteiger partial charge in [-0.1, -0.05) is 18.2 Å². The molecule has 2 aromatic heterocycles. The molecule has 0 aliphatic rings. The van der Waals surface area contributed by atoms with E-state index in [1.807, 2.05) is 37.3 Å². The van der Waals surface area contributed by atoms with Gasteiger partial charge in [-0.3, -0.25) is 9.59 Å². The number of fused-ring (bicyclic) bond motifs is 1. The molecule has 4 rings (SSSR count). The van der Waals surface area contributed by atoms with E-state index in [1.165, 1.54) is 15.6 Å². The number of aromatic nitrogens is 4. The Kier molecular flexibility index (Phi) is 4.82. The summed E-state index contributed by atoms with van der Waals surface area (Å²) in [4.78, 5) is 29.9. The third-order valence-corrected chi connectivity index (χ3v) is 4.38. The summed E-state index contributed by atoms with van der Waals surface area (Å²) in [6, 6.07) is 16.2. The van der Waals surface area contributed by atoms with Gasteiger partial charge in [-0.15, -0.1) is 0 Å².